The molecule has 2 fully saturated rings. The lowest BCUT2D eigenvalue weighted by atomic mass is 9.95. The van der Waals surface area contributed by atoms with E-state index in [1.807, 2.05) is 33.9 Å². The molecule has 2 aliphatic rings. The third-order valence-electron chi connectivity index (χ3n) is 8.34. The van der Waals surface area contributed by atoms with Gasteiger partial charge in [-0.1, -0.05) is 44.0 Å². The van der Waals surface area contributed by atoms with Crippen LogP contribution in [0.5, 0.6) is 5.75 Å². The summed E-state index contributed by atoms with van der Waals surface area (Å²) in [5.41, 5.74) is 0.171. The second kappa shape index (κ2) is 13.8. The number of hydrogen-bond acceptors (Lipinski definition) is 8. The van der Waals surface area contributed by atoms with E-state index in [1.165, 1.54) is 24.3 Å². The van der Waals surface area contributed by atoms with Crippen LogP contribution in [0.4, 0.5) is 15.8 Å². The number of benzene rings is 2. The number of aliphatic imine (C=N–C) groups is 2. The van der Waals surface area contributed by atoms with E-state index >= 15 is 0 Å². The lowest BCUT2D eigenvalue weighted by molar-refractivity contribution is -0.138. The average Bonchev–Trinajstić information content (AvgIpc) is 2.94. The molecule has 2 aromatic carbocycles. The topological polar surface area (TPSA) is 147 Å². The van der Waals surface area contributed by atoms with Gasteiger partial charge in [0, 0.05) is 31.8 Å². The van der Waals surface area contributed by atoms with Crippen molar-refractivity contribution in [2.45, 2.75) is 75.5 Å². The highest BCUT2D eigenvalue weighted by Gasteiger charge is 2.46. The van der Waals surface area contributed by atoms with Crippen LogP contribution in [0.1, 0.15) is 46.5 Å². The Hall–Kier alpha value is -3.29. The van der Waals surface area contributed by atoms with Gasteiger partial charge in [-0.3, -0.25) is 14.4 Å². The lowest BCUT2D eigenvalue weighted by Crippen LogP contribution is -2.54. The standard InChI is InChI=1S/C30H36Cl2FN5O6SSi/c1-30(2,3)46(4,5)44-27-24(37-17-36-23-8-6-19(33)15-22(23)32)9-7-21(31)28(27)45(42,43)38(20-11-13-35-26(40)16-20)29(41)18-10-12-34-25(39)14-18/h6-9,15,18,20H,10-14,16H2,1-5H3,(H,34,39)(H,35,40). The maximum Gasteiger partial charge on any atom is 0.271 e. The Kier molecular flexibility index (Phi) is 10.7. The first-order chi connectivity index (χ1) is 21.4. The fourth-order valence-corrected chi connectivity index (χ4v) is 8.40. The summed E-state index contributed by atoms with van der Waals surface area (Å²) in [6.45, 7) is 10.0. The third kappa shape index (κ3) is 7.80. The quantitative estimate of drug-likeness (QED) is 0.255. The van der Waals surface area contributed by atoms with Crippen LogP contribution in [0, 0.1) is 11.7 Å². The molecule has 16 heteroatoms. The third-order valence-corrected chi connectivity index (χ3v) is 15.3. The van der Waals surface area contributed by atoms with Crippen LogP contribution in [0.3, 0.4) is 0 Å². The van der Waals surface area contributed by atoms with Gasteiger partial charge < -0.3 is 15.1 Å². The monoisotopic (exact) mass is 711 g/mol. The minimum atomic E-state index is -4.82. The van der Waals surface area contributed by atoms with Gasteiger partial charge in [0.25, 0.3) is 18.3 Å². The predicted octanol–water partition coefficient (Wildman–Crippen LogP) is 5.98. The number of carbonyl (C=O) groups is 3. The Bertz CT molecular complexity index is 1730. The van der Waals surface area contributed by atoms with Crippen LogP contribution in [0.15, 0.2) is 45.2 Å². The van der Waals surface area contributed by atoms with E-state index in [0.29, 0.717) is 4.31 Å². The number of carbonyl (C=O) groups excluding carboxylic acids is 3. The molecule has 0 spiro atoms. The first-order valence-electron chi connectivity index (χ1n) is 14.7. The number of hydrogen-bond donors (Lipinski definition) is 2. The Balaban J connectivity index is 1.93. The molecule has 0 bridgehead atoms. The van der Waals surface area contributed by atoms with Crippen molar-refractivity contribution in [2.75, 3.05) is 13.1 Å². The first kappa shape index (κ1) is 35.6. The fourth-order valence-electron chi connectivity index (χ4n) is 4.80. The Morgan fingerprint density at radius 1 is 1.00 bits per heavy atom. The minimum absolute atomic E-state index is 0.000569. The maximum atomic E-state index is 14.8. The van der Waals surface area contributed by atoms with Gasteiger partial charge in [0.2, 0.25) is 17.7 Å². The van der Waals surface area contributed by atoms with E-state index in [4.69, 9.17) is 27.6 Å². The molecule has 2 heterocycles. The van der Waals surface area contributed by atoms with Crippen molar-refractivity contribution in [3.63, 3.8) is 0 Å². The van der Waals surface area contributed by atoms with Gasteiger partial charge in [-0.2, -0.15) is 9.98 Å². The number of sulfonamides is 1. The number of amides is 3. The Labute approximate surface area is 278 Å². The van der Waals surface area contributed by atoms with Crippen LogP contribution < -0.4 is 15.1 Å². The first-order valence-corrected chi connectivity index (χ1v) is 19.8. The van der Waals surface area contributed by atoms with Gasteiger partial charge in [0.15, 0.2) is 5.75 Å². The lowest BCUT2D eigenvalue weighted by Gasteiger charge is -2.39. The summed E-state index contributed by atoms with van der Waals surface area (Å²) in [5.74, 6) is -3.27. The largest absolute Gasteiger partial charge is 0.541 e. The summed E-state index contributed by atoms with van der Waals surface area (Å²) in [7, 11) is -7.63. The molecule has 2 N–H and O–H groups in total. The van der Waals surface area contributed by atoms with Gasteiger partial charge in [-0.15, -0.1) is 0 Å². The highest BCUT2D eigenvalue weighted by atomic mass is 35.5. The van der Waals surface area contributed by atoms with E-state index in [1.54, 1.807) is 0 Å². The molecule has 0 aliphatic carbocycles. The molecule has 0 aromatic heterocycles. The second-order valence-electron chi connectivity index (χ2n) is 12.7. The molecular formula is C30H36Cl2FN5O6SSi. The normalized spacial score (nSPS) is 19.0. The number of piperidine rings is 2. The van der Waals surface area contributed by atoms with E-state index in [-0.39, 0.29) is 71.8 Å². The Morgan fingerprint density at radius 3 is 2.22 bits per heavy atom. The molecule has 3 amide bonds. The highest BCUT2D eigenvalue weighted by molar-refractivity contribution is 7.90. The van der Waals surface area contributed by atoms with Crippen LogP contribution in [0.25, 0.3) is 0 Å². The van der Waals surface area contributed by atoms with Gasteiger partial charge in [0.05, 0.1) is 21.8 Å². The summed E-state index contributed by atoms with van der Waals surface area (Å²) in [5, 5.41) is 4.69. The van der Waals surface area contributed by atoms with Gasteiger partial charge >= 0.3 is 0 Å². The van der Waals surface area contributed by atoms with Gasteiger partial charge in [-0.25, -0.2) is 17.1 Å². The van der Waals surface area contributed by atoms with Crippen molar-refractivity contribution in [1.82, 2.24) is 14.9 Å². The summed E-state index contributed by atoms with van der Waals surface area (Å²) in [6.07, 6.45) is -0.0711. The molecule has 4 rings (SSSR count). The Morgan fingerprint density at radius 2 is 1.61 bits per heavy atom. The maximum absolute atomic E-state index is 14.8. The number of halogens is 3. The molecule has 2 aliphatic heterocycles. The van der Waals surface area contributed by atoms with E-state index in [0.717, 1.165) is 6.07 Å². The number of rotatable bonds is 8. The zero-order chi connectivity index (χ0) is 34.0. The van der Waals surface area contributed by atoms with Crippen LogP contribution in [0.2, 0.25) is 28.2 Å². The van der Waals surface area contributed by atoms with Crippen LogP contribution in [-0.2, 0) is 24.4 Å². The van der Waals surface area contributed by atoms with Crippen molar-refractivity contribution in [2.24, 2.45) is 15.9 Å². The molecule has 0 radical (unpaired) electrons. The molecule has 248 valence electrons. The highest BCUT2D eigenvalue weighted by Crippen LogP contribution is 2.46. The van der Waals surface area contributed by atoms with Crippen LogP contribution in [-0.4, -0.2) is 63.9 Å². The molecular weight excluding hydrogens is 676 g/mol. The summed E-state index contributed by atoms with van der Waals surface area (Å²) < 4.78 is 50.4. The SMILES string of the molecule is CC(C)(C)[Si](C)(C)Oc1c(N=C=Nc2ccc(F)cc2Cl)ccc(Cl)c1S(=O)(=O)N(C(=O)C1CCNC(=O)C1)C1CCNC(=O)C1. The van der Waals surface area contributed by atoms with Crippen LogP contribution >= 0.6 is 23.2 Å². The number of nitrogens with zero attached hydrogens (tertiary/aromatic N) is 3. The van der Waals surface area contributed by atoms with E-state index in [9.17, 15) is 27.2 Å². The van der Waals surface area contributed by atoms with Crippen molar-refractivity contribution >= 4 is 76.6 Å². The number of nitrogens with one attached hydrogen (secondary N) is 2. The van der Waals surface area contributed by atoms with Gasteiger partial charge in [0.1, 0.15) is 22.4 Å². The van der Waals surface area contributed by atoms with E-state index < -0.39 is 57.9 Å². The van der Waals surface area contributed by atoms with E-state index in [2.05, 4.69) is 26.6 Å². The zero-order valence-corrected chi connectivity index (χ0v) is 29.4. The summed E-state index contributed by atoms with van der Waals surface area (Å²) in [6, 6.07) is 7.78. The van der Waals surface area contributed by atoms with Crippen molar-refractivity contribution < 1.29 is 31.6 Å². The molecule has 2 unspecified atom stereocenters. The molecule has 46 heavy (non-hydrogen) atoms. The predicted molar refractivity (Wildman–Crippen MR) is 176 cm³/mol. The fraction of sp³-hybridized carbons (Fsp3) is 0.467. The molecule has 2 aromatic rings. The van der Waals surface area contributed by atoms with Crippen molar-refractivity contribution in [3.05, 3.63) is 46.2 Å². The molecule has 2 atom stereocenters. The van der Waals surface area contributed by atoms with Gasteiger partial charge in [-0.05, 0) is 61.3 Å². The zero-order valence-electron chi connectivity index (χ0n) is 26.1. The second-order valence-corrected chi connectivity index (χ2v) is 20.0. The molecule has 0 saturated carbocycles. The smallest absolute Gasteiger partial charge is 0.271 e. The van der Waals surface area contributed by atoms with Crippen molar-refractivity contribution in [3.8, 4) is 5.75 Å². The van der Waals surface area contributed by atoms with Crippen molar-refractivity contribution in [1.29, 1.82) is 0 Å². The molecule has 2 saturated heterocycles. The minimum Gasteiger partial charge on any atom is -0.541 e. The molecule has 11 nitrogen and oxygen atoms in total. The average molecular weight is 713 g/mol. The summed E-state index contributed by atoms with van der Waals surface area (Å²) >= 11 is 12.7. The summed E-state index contributed by atoms with van der Waals surface area (Å²) in [4.78, 5) is 46.5.